The molecule has 16 heavy (non-hydrogen) atoms. The monoisotopic (exact) mass is 222 g/mol. The number of nitrogens with zero attached hydrogens (tertiary/aromatic N) is 2. The summed E-state index contributed by atoms with van der Waals surface area (Å²) in [7, 11) is 1.59. The molecule has 0 spiro atoms. The molecule has 2 atom stereocenters. The molecular weight excluding hydrogens is 204 g/mol. The smallest absolute Gasteiger partial charge is 0.233 e. The van der Waals surface area contributed by atoms with E-state index in [2.05, 4.69) is 15.3 Å². The van der Waals surface area contributed by atoms with E-state index in [4.69, 9.17) is 10.5 Å². The molecule has 2 unspecified atom stereocenters. The number of hydrogen-bond donors (Lipinski definition) is 2. The Morgan fingerprint density at radius 1 is 1.50 bits per heavy atom. The van der Waals surface area contributed by atoms with Gasteiger partial charge in [-0.05, 0) is 25.3 Å². The number of rotatable bonds is 4. The third-order valence-corrected chi connectivity index (χ3v) is 3.12. The molecule has 1 aliphatic rings. The van der Waals surface area contributed by atoms with Crippen LogP contribution in [0.2, 0.25) is 0 Å². The van der Waals surface area contributed by atoms with E-state index in [-0.39, 0.29) is 0 Å². The molecule has 1 saturated carbocycles. The van der Waals surface area contributed by atoms with Gasteiger partial charge in [0.25, 0.3) is 0 Å². The lowest BCUT2D eigenvalue weighted by Crippen LogP contribution is -2.29. The van der Waals surface area contributed by atoms with Crippen molar-refractivity contribution in [2.24, 2.45) is 11.7 Å². The number of methoxy groups -OCH3 is 1. The number of ether oxygens (including phenoxy) is 1. The van der Waals surface area contributed by atoms with Gasteiger partial charge in [-0.25, -0.2) is 0 Å². The maximum Gasteiger partial charge on any atom is 0.233 e. The van der Waals surface area contributed by atoms with Crippen LogP contribution in [0.5, 0.6) is 5.88 Å². The second-order valence-corrected chi connectivity index (χ2v) is 4.12. The van der Waals surface area contributed by atoms with Crippen molar-refractivity contribution in [1.29, 1.82) is 0 Å². The third-order valence-electron chi connectivity index (χ3n) is 3.12. The van der Waals surface area contributed by atoms with Gasteiger partial charge in [-0.1, -0.05) is 6.42 Å². The summed E-state index contributed by atoms with van der Waals surface area (Å²) >= 11 is 0. The van der Waals surface area contributed by atoms with Crippen molar-refractivity contribution in [2.45, 2.75) is 25.3 Å². The molecule has 1 aliphatic carbocycles. The molecule has 1 heterocycles. The van der Waals surface area contributed by atoms with E-state index >= 15 is 0 Å². The Morgan fingerprint density at radius 2 is 2.38 bits per heavy atom. The molecule has 0 saturated heterocycles. The van der Waals surface area contributed by atoms with Gasteiger partial charge in [0.2, 0.25) is 5.88 Å². The Kier molecular flexibility index (Phi) is 3.56. The molecule has 88 valence electrons. The Balaban J connectivity index is 2.02. The average Bonchev–Trinajstić information content (AvgIpc) is 2.76. The normalized spacial score (nSPS) is 24.4. The second-order valence-electron chi connectivity index (χ2n) is 4.12. The van der Waals surface area contributed by atoms with E-state index < -0.39 is 0 Å². The Labute approximate surface area is 95.4 Å². The molecule has 5 heteroatoms. The first-order valence-corrected chi connectivity index (χ1v) is 5.66. The van der Waals surface area contributed by atoms with Crippen LogP contribution in [-0.4, -0.2) is 29.7 Å². The first-order valence-electron chi connectivity index (χ1n) is 5.66. The van der Waals surface area contributed by atoms with Crippen LogP contribution in [0.15, 0.2) is 12.4 Å². The fraction of sp³-hybridized carbons (Fsp3) is 0.636. The molecule has 0 bridgehead atoms. The van der Waals surface area contributed by atoms with E-state index in [0.717, 1.165) is 18.8 Å². The number of hydrogen-bond acceptors (Lipinski definition) is 5. The van der Waals surface area contributed by atoms with Crippen LogP contribution in [0.4, 0.5) is 5.82 Å². The molecular formula is C11H18N4O. The van der Waals surface area contributed by atoms with Crippen LogP contribution >= 0.6 is 0 Å². The lowest BCUT2D eigenvalue weighted by atomic mass is 10.0. The summed E-state index contributed by atoms with van der Waals surface area (Å²) in [5, 5.41) is 3.38. The van der Waals surface area contributed by atoms with Crippen LogP contribution in [-0.2, 0) is 0 Å². The number of anilines is 1. The molecule has 0 aromatic carbocycles. The molecule has 0 radical (unpaired) electrons. The minimum Gasteiger partial charge on any atom is -0.480 e. The summed E-state index contributed by atoms with van der Waals surface area (Å²) in [4.78, 5) is 8.35. The highest BCUT2D eigenvalue weighted by molar-refractivity contribution is 5.35. The SMILES string of the molecule is COc1cncc(NC2CCCC2CN)n1. The molecule has 1 aromatic heterocycles. The molecule has 0 aliphatic heterocycles. The number of aromatic nitrogens is 2. The second kappa shape index (κ2) is 5.12. The van der Waals surface area contributed by atoms with Gasteiger partial charge in [0.1, 0.15) is 5.82 Å². The van der Waals surface area contributed by atoms with E-state index in [1.54, 1.807) is 19.5 Å². The molecule has 3 N–H and O–H groups in total. The van der Waals surface area contributed by atoms with Gasteiger partial charge in [0, 0.05) is 6.04 Å². The fourth-order valence-corrected chi connectivity index (χ4v) is 2.21. The standard InChI is InChI=1S/C11H18N4O/c1-16-11-7-13-6-10(15-11)14-9-4-2-3-8(9)5-12/h6-9H,2-5,12H2,1H3,(H,14,15). The number of nitrogens with one attached hydrogen (secondary N) is 1. The lowest BCUT2D eigenvalue weighted by Gasteiger charge is -2.19. The molecule has 1 aromatic rings. The average molecular weight is 222 g/mol. The Hall–Kier alpha value is -1.36. The van der Waals surface area contributed by atoms with E-state index in [0.29, 0.717) is 17.8 Å². The van der Waals surface area contributed by atoms with E-state index in [1.807, 2.05) is 0 Å². The predicted octanol–water partition coefficient (Wildman–Crippen LogP) is 1.02. The summed E-state index contributed by atoms with van der Waals surface area (Å²) in [6, 6.07) is 0.423. The van der Waals surface area contributed by atoms with Crippen molar-refractivity contribution < 1.29 is 4.74 Å². The summed E-state index contributed by atoms with van der Waals surface area (Å²) in [6.07, 6.45) is 6.90. The van der Waals surface area contributed by atoms with Crippen LogP contribution in [0.1, 0.15) is 19.3 Å². The number of nitrogens with two attached hydrogens (primary N) is 1. The van der Waals surface area contributed by atoms with E-state index in [1.165, 1.54) is 12.8 Å². The van der Waals surface area contributed by atoms with Gasteiger partial charge in [0.05, 0.1) is 19.5 Å². The molecule has 2 rings (SSSR count). The maximum absolute atomic E-state index is 5.73. The minimum atomic E-state index is 0.423. The summed E-state index contributed by atoms with van der Waals surface area (Å²) in [6.45, 7) is 0.731. The highest BCUT2D eigenvalue weighted by Gasteiger charge is 2.26. The lowest BCUT2D eigenvalue weighted by molar-refractivity contribution is 0.396. The fourth-order valence-electron chi connectivity index (χ4n) is 2.21. The zero-order valence-electron chi connectivity index (χ0n) is 9.52. The topological polar surface area (TPSA) is 73.1 Å². The zero-order valence-corrected chi connectivity index (χ0v) is 9.52. The Bertz CT molecular complexity index is 345. The molecule has 5 nitrogen and oxygen atoms in total. The first-order chi connectivity index (χ1) is 7.83. The first kappa shape index (κ1) is 11.1. The van der Waals surface area contributed by atoms with E-state index in [9.17, 15) is 0 Å². The van der Waals surface area contributed by atoms with Crippen molar-refractivity contribution in [2.75, 3.05) is 19.0 Å². The highest BCUT2D eigenvalue weighted by Crippen LogP contribution is 2.27. The quantitative estimate of drug-likeness (QED) is 0.795. The van der Waals surface area contributed by atoms with Gasteiger partial charge in [-0.3, -0.25) is 4.98 Å². The van der Waals surface area contributed by atoms with Crippen LogP contribution in [0.3, 0.4) is 0 Å². The summed E-state index contributed by atoms with van der Waals surface area (Å²) < 4.78 is 5.03. The van der Waals surface area contributed by atoms with Crippen molar-refractivity contribution in [3.05, 3.63) is 12.4 Å². The van der Waals surface area contributed by atoms with Crippen LogP contribution < -0.4 is 15.8 Å². The summed E-state index contributed by atoms with van der Waals surface area (Å²) in [5.41, 5.74) is 5.73. The Morgan fingerprint density at radius 3 is 3.12 bits per heavy atom. The van der Waals surface area contributed by atoms with Gasteiger partial charge in [0.15, 0.2) is 0 Å². The van der Waals surface area contributed by atoms with Crippen LogP contribution in [0.25, 0.3) is 0 Å². The van der Waals surface area contributed by atoms with Crippen molar-refractivity contribution in [1.82, 2.24) is 9.97 Å². The zero-order chi connectivity index (χ0) is 11.4. The van der Waals surface area contributed by atoms with Crippen LogP contribution in [0, 0.1) is 5.92 Å². The van der Waals surface area contributed by atoms with Crippen molar-refractivity contribution in [3.63, 3.8) is 0 Å². The van der Waals surface area contributed by atoms with Gasteiger partial charge in [-0.2, -0.15) is 4.98 Å². The molecule has 1 fully saturated rings. The summed E-state index contributed by atoms with van der Waals surface area (Å²) in [5.74, 6) is 1.85. The maximum atomic E-state index is 5.73. The van der Waals surface area contributed by atoms with Gasteiger partial charge >= 0.3 is 0 Å². The van der Waals surface area contributed by atoms with Gasteiger partial charge in [-0.15, -0.1) is 0 Å². The van der Waals surface area contributed by atoms with Gasteiger partial charge < -0.3 is 15.8 Å². The highest BCUT2D eigenvalue weighted by atomic mass is 16.5. The molecule has 0 amide bonds. The van der Waals surface area contributed by atoms with Crippen molar-refractivity contribution >= 4 is 5.82 Å². The third kappa shape index (κ3) is 2.41. The largest absolute Gasteiger partial charge is 0.480 e. The minimum absolute atomic E-state index is 0.423. The predicted molar refractivity (Wildman–Crippen MR) is 62.4 cm³/mol. The van der Waals surface area contributed by atoms with Crippen molar-refractivity contribution in [3.8, 4) is 5.88 Å².